The van der Waals surface area contributed by atoms with Gasteiger partial charge in [-0.25, -0.2) is 4.98 Å². The van der Waals surface area contributed by atoms with E-state index in [0.717, 1.165) is 61.1 Å². The first-order chi connectivity index (χ1) is 16.8. The van der Waals surface area contributed by atoms with Gasteiger partial charge in [-0.3, -0.25) is 4.79 Å². The van der Waals surface area contributed by atoms with Crippen LogP contribution in [0.4, 0.5) is 0 Å². The van der Waals surface area contributed by atoms with Gasteiger partial charge >= 0.3 is 0 Å². The Labute approximate surface area is 200 Å². The lowest BCUT2D eigenvalue weighted by Crippen LogP contribution is -2.27. The molecule has 0 radical (unpaired) electrons. The highest BCUT2D eigenvalue weighted by Gasteiger charge is 2.10. The van der Waals surface area contributed by atoms with E-state index in [2.05, 4.69) is 52.3 Å². The number of aryl methyl sites for hydroxylation is 2. The zero-order valence-corrected chi connectivity index (χ0v) is 19.8. The first kappa shape index (κ1) is 23.8. The average molecular weight is 460 g/mol. The van der Waals surface area contributed by atoms with Gasteiger partial charge in [-0.05, 0) is 42.8 Å². The van der Waals surface area contributed by atoms with Gasteiger partial charge in [-0.2, -0.15) is 0 Å². The van der Waals surface area contributed by atoms with Crippen LogP contribution in [-0.4, -0.2) is 42.3 Å². The van der Waals surface area contributed by atoms with E-state index in [9.17, 15) is 4.79 Å². The van der Waals surface area contributed by atoms with Gasteiger partial charge < -0.3 is 19.4 Å². The van der Waals surface area contributed by atoms with Crippen LogP contribution in [0.5, 0.6) is 5.75 Å². The third kappa shape index (κ3) is 6.14. The highest BCUT2D eigenvalue weighted by Crippen LogP contribution is 2.25. The lowest BCUT2D eigenvalue weighted by molar-refractivity contribution is -0.124. The summed E-state index contributed by atoms with van der Waals surface area (Å²) in [5, 5.41) is 5.22. The quantitative estimate of drug-likeness (QED) is 0.281. The topological polar surface area (TPSA) is 65.4 Å². The molecule has 1 heterocycles. The molecule has 4 rings (SSSR count). The van der Waals surface area contributed by atoms with Crippen molar-refractivity contribution in [2.75, 3.05) is 26.9 Å². The Hall–Kier alpha value is -3.38. The summed E-state index contributed by atoms with van der Waals surface area (Å²) in [7, 11) is 1.53. The molecule has 0 fully saturated rings. The Morgan fingerprint density at radius 2 is 1.76 bits per heavy atom. The Balaban J connectivity index is 1.31. The molecule has 0 aliphatic rings. The summed E-state index contributed by atoms with van der Waals surface area (Å²) in [5.74, 6) is 2.00. The van der Waals surface area contributed by atoms with Crippen LogP contribution in [0, 0.1) is 0 Å². The van der Waals surface area contributed by atoms with Gasteiger partial charge in [-0.15, -0.1) is 0 Å². The molecule has 0 saturated carbocycles. The molecule has 0 aliphatic carbocycles. The molecule has 3 aromatic carbocycles. The molecule has 4 aromatic rings. The van der Waals surface area contributed by atoms with Gasteiger partial charge in [0.05, 0.1) is 17.6 Å². The van der Waals surface area contributed by atoms with Crippen molar-refractivity contribution >= 4 is 27.7 Å². The minimum Gasteiger partial charge on any atom is -0.493 e. The number of hydrogen-bond acceptors (Lipinski definition) is 4. The lowest BCUT2D eigenvalue weighted by atomic mass is 10.1. The van der Waals surface area contributed by atoms with Crippen LogP contribution in [0.1, 0.15) is 31.5 Å². The summed E-state index contributed by atoms with van der Waals surface area (Å²) in [6.45, 7) is 2.33. The number of fused-ring (bicyclic) bond motifs is 2. The van der Waals surface area contributed by atoms with E-state index in [1.165, 1.54) is 18.0 Å². The van der Waals surface area contributed by atoms with E-state index >= 15 is 0 Å². The maximum Gasteiger partial charge on any atom is 0.245 e. The van der Waals surface area contributed by atoms with Crippen LogP contribution in [0.3, 0.4) is 0 Å². The Morgan fingerprint density at radius 1 is 0.941 bits per heavy atom. The van der Waals surface area contributed by atoms with Crippen molar-refractivity contribution in [3.05, 3.63) is 72.6 Å². The van der Waals surface area contributed by atoms with Crippen molar-refractivity contribution in [2.24, 2.45) is 0 Å². The predicted molar refractivity (Wildman–Crippen MR) is 136 cm³/mol. The van der Waals surface area contributed by atoms with E-state index in [0.29, 0.717) is 13.2 Å². The number of nitrogens with zero attached hydrogens (tertiary/aromatic N) is 2. The number of hydrogen-bond donors (Lipinski definition) is 1. The Bertz CT molecular complexity index is 1210. The summed E-state index contributed by atoms with van der Waals surface area (Å²) >= 11 is 0. The number of ether oxygens (including phenoxy) is 2. The Kier molecular flexibility index (Phi) is 8.52. The minimum atomic E-state index is -0.0602. The summed E-state index contributed by atoms with van der Waals surface area (Å²) in [6.07, 6.45) is 4.86. The monoisotopic (exact) mass is 459 g/mol. The molecule has 0 bridgehead atoms. The second-order valence-electron chi connectivity index (χ2n) is 8.44. The maximum absolute atomic E-state index is 11.5. The number of methoxy groups -OCH3 is 1. The van der Waals surface area contributed by atoms with Crippen molar-refractivity contribution < 1.29 is 14.3 Å². The van der Waals surface area contributed by atoms with Crippen molar-refractivity contribution in [3.8, 4) is 5.75 Å². The fourth-order valence-electron chi connectivity index (χ4n) is 4.29. The Morgan fingerprint density at radius 3 is 2.68 bits per heavy atom. The lowest BCUT2D eigenvalue weighted by Gasteiger charge is -2.12. The highest BCUT2D eigenvalue weighted by molar-refractivity contribution is 5.88. The molecule has 0 aliphatic heterocycles. The molecule has 1 aromatic heterocycles. The third-order valence-electron chi connectivity index (χ3n) is 5.94. The molecular formula is C28H33N3O3. The zero-order chi connectivity index (χ0) is 23.6. The van der Waals surface area contributed by atoms with E-state index in [1.807, 2.05) is 24.3 Å². The summed E-state index contributed by atoms with van der Waals surface area (Å²) in [5.41, 5.74) is 2.22. The average Bonchev–Trinajstić information content (AvgIpc) is 3.21. The molecule has 178 valence electrons. The van der Waals surface area contributed by atoms with Gasteiger partial charge in [0, 0.05) is 32.0 Å². The largest absolute Gasteiger partial charge is 0.493 e. The van der Waals surface area contributed by atoms with Crippen molar-refractivity contribution in [3.63, 3.8) is 0 Å². The number of carbonyl (C=O) groups is 1. The predicted octanol–water partition coefficient (Wildman–Crippen LogP) is 5.13. The number of rotatable bonds is 13. The number of nitrogens with one attached hydrogen (secondary N) is 1. The number of aromatic nitrogens is 2. The summed E-state index contributed by atoms with van der Waals surface area (Å²) in [4.78, 5) is 16.4. The second kappa shape index (κ2) is 12.2. The van der Waals surface area contributed by atoms with Crippen molar-refractivity contribution in [1.82, 2.24) is 14.9 Å². The van der Waals surface area contributed by atoms with Gasteiger partial charge in [-0.1, -0.05) is 55.0 Å². The molecule has 0 saturated heterocycles. The van der Waals surface area contributed by atoms with Crippen LogP contribution in [-0.2, 0) is 22.5 Å². The first-order valence-electron chi connectivity index (χ1n) is 12.1. The molecule has 34 heavy (non-hydrogen) atoms. The van der Waals surface area contributed by atoms with Gasteiger partial charge in [0.25, 0.3) is 0 Å². The van der Waals surface area contributed by atoms with Crippen LogP contribution in [0.2, 0.25) is 0 Å². The minimum absolute atomic E-state index is 0.0602. The number of amides is 1. The second-order valence-corrected chi connectivity index (χ2v) is 8.44. The number of carbonyl (C=O) groups excluding carboxylic acids is 1. The number of unbranched alkanes of at least 4 members (excludes halogenated alkanes) is 2. The fourth-order valence-corrected chi connectivity index (χ4v) is 4.29. The molecule has 0 unspecified atom stereocenters. The number of imidazole rings is 1. The smallest absolute Gasteiger partial charge is 0.245 e. The SMILES string of the molecule is COCC(=O)NCCCCCc1nc2ccccc2n1CCCOc1cccc2ccccc12. The van der Waals surface area contributed by atoms with Crippen LogP contribution in [0.25, 0.3) is 21.8 Å². The molecule has 1 N–H and O–H groups in total. The summed E-state index contributed by atoms with van der Waals surface area (Å²) < 4.78 is 13.3. The maximum atomic E-state index is 11.5. The number of benzene rings is 3. The number of para-hydroxylation sites is 2. The van der Waals surface area contributed by atoms with Crippen molar-refractivity contribution in [2.45, 2.75) is 38.6 Å². The third-order valence-corrected chi connectivity index (χ3v) is 5.94. The fraction of sp³-hybridized carbons (Fsp3) is 0.357. The van der Waals surface area contributed by atoms with Crippen LogP contribution >= 0.6 is 0 Å². The molecule has 0 atom stereocenters. The van der Waals surface area contributed by atoms with Gasteiger partial charge in [0.2, 0.25) is 5.91 Å². The molecule has 6 heteroatoms. The van der Waals surface area contributed by atoms with Gasteiger partial charge in [0.15, 0.2) is 0 Å². The van der Waals surface area contributed by atoms with Gasteiger partial charge in [0.1, 0.15) is 18.2 Å². The van der Waals surface area contributed by atoms with E-state index < -0.39 is 0 Å². The molecule has 6 nitrogen and oxygen atoms in total. The van der Waals surface area contributed by atoms with E-state index in [1.54, 1.807) is 0 Å². The van der Waals surface area contributed by atoms with Crippen LogP contribution in [0.15, 0.2) is 66.7 Å². The summed E-state index contributed by atoms with van der Waals surface area (Å²) in [6, 6.07) is 22.8. The normalized spacial score (nSPS) is 11.2. The van der Waals surface area contributed by atoms with Crippen molar-refractivity contribution in [1.29, 1.82) is 0 Å². The highest BCUT2D eigenvalue weighted by atomic mass is 16.5. The van der Waals surface area contributed by atoms with Crippen LogP contribution < -0.4 is 10.1 Å². The standard InChI is InChI=1S/C28H33N3O3/c1-33-21-28(32)29-18-8-2-3-17-27-30-24-14-6-7-15-25(24)31(27)19-10-20-34-26-16-9-12-22-11-4-5-13-23(22)26/h4-7,9,11-16H,2-3,8,10,17-21H2,1H3,(H,29,32). The molecular weight excluding hydrogens is 426 g/mol. The molecule has 1 amide bonds. The molecule has 0 spiro atoms. The first-order valence-corrected chi connectivity index (χ1v) is 12.1. The zero-order valence-electron chi connectivity index (χ0n) is 19.8. The van der Waals surface area contributed by atoms with E-state index in [-0.39, 0.29) is 12.5 Å². The van der Waals surface area contributed by atoms with E-state index in [4.69, 9.17) is 14.5 Å².